The molecule has 2 N–H and O–H groups in total. The van der Waals surface area contributed by atoms with E-state index in [4.69, 9.17) is 14.2 Å². The average Bonchev–Trinajstić information content (AvgIpc) is 3.34. The molecule has 0 saturated carbocycles. The smallest absolute Gasteiger partial charge is 0.255 e. The third-order valence-corrected chi connectivity index (χ3v) is 6.45. The summed E-state index contributed by atoms with van der Waals surface area (Å²) in [5.41, 5.74) is 2.57. The number of halogens is 1. The van der Waals surface area contributed by atoms with Crippen molar-refractivity contribution in [1.29, 1.82) is 0 Å². The van der Waals surface area contributed by atoms with Gasteiger partial charge in [-0.3, -0.25) is 4.79 Å². The molecule has 37 heavy (non-hydrogen) atoms. The third kappa shape index (κ3) is 5.74. The Hall–Kier alpha value is -3.53. The highest BCUT2D eigenvalue weighted by Crippen LogP contribution is 2.43. The highest BCUT2D eigenvalue weighted by atomic mass is 79.9. The highest BCUT2D eigenvalue weighted by Gasteiger charge is 2.35. The van der Waals surface area contributed by atoms with Crippen molar-refractivity contribution in [1.82, 2.24) is 14.8 Å². The van der Waals surface area contributed by atoms with Gasteiger partial charge in [-0.15, -0.1) is 0 Å². The monoisotopic (exact) mass is 569 g/mol. The number of hydrogen-bond donors (Lipinski definition) is 2. The fourth-order valence-corrected chi connectivity index (χ4v) is 4.78. The van der Waals surface area contributed by atoms with E-state index >= 15 is 0 Å². The maximum atomic E-state index is 13.8. The van der Waals surface area contributed by atoms with Crippen LogP contribution in [0.5, 0.6) is 17.2 Å². The summed E-state index contributed by atoms with van der Waals surface area (Å²) in [5, 5.41) is 10.7. The summed E-state index contributed by atoms with van der Waals surface area (Å²) < 4.78 is 20.2. The molecule has 10 heteroatoms. The van der Waals surface area contributed by atoms with Crippen LogP contribution in [0.3, 0.4) is 0 Å². The summed E-state index contributed by atoms with van der Waals surface area (Å²) in [6.07, 6.45) is 3.43. The molecule has 4 rings (SSSR count). The summed E-state index contributed by atoms with van der Waals surface area (Å²) >= 11 is 3.67. The van der Waals surface area contributed by atoms with E-state index in [1.807, 2.05) is 57.2 Å². The van der Waals surface area contributed by atoms with Crippen LogP contribution >= 0.6 is 15.9 Å². The zero-order valence-electron chi connectivity index (χ0n) is 21.5. The van der Waals surface area contributed by atoms with Gasteiger partial charge in [-0.2, -0.15) is 10.1 Å². The number of nitrogens with one attached hydrogen (secondary N) is 2. The molecule has 1 aliphatic rings. The molecule has 0 spiro atoms. The molecular formula is C27H32BrN5O4. The van der Waals surface area contributed by atoms with Crippen LogP contribution in [0.4, 0.5) is 11.6 Å². The van der Waals surface area contributed by atoms with Crippen molar-refractivity contribution in [3.8, 4) is 17.2 Å². The van der Waals surface area contributed by atoms with E-state index in [0.717, 1.165) is 22.9 Å². The first-order chi connectivity index (χ1) is 18.0. The summed E-state index contributed by atoms with van der Waals surface area (Å²) in [6, 6.07) is 10.7. The molecule has 0 saturated heterocycles. The maximum absolute atomic E-state index is 13.8. The van der Waals surface area contributed by atoms with Gasteiger partial charge in [0.25, 0.3) is 5.91 Å². The van der Waals surface area contributed by atoms with Crippen LogP contribution in [0.1, 0.15) is 52.1 Å². The zero-order valence-corrected chi connectivity index (χ0v) is 23.1. The fourth-order valence-electron chi connectivity index (χ4n) is 4.20. The molecule has 0 radical (unpaired) electrons. The van der Waals surface area contributed by atoms with Crippen molar-refractivity contribution < 1.29 is 19.0 Å². The van der Waals surface area contributed by atoms with E-state index in [1.165, 1.54) is 6.33 Å². The van der Waals surface area contributed by atoms with Crippen LogP contribution in [0.2, 0.25) is 0 Å². The minimum absolute atomic E-state index is 0.277. The van der Waals surface area contributed by atoms with Crippen molar-refractivity contribution in [2.24, 2.45) is 0 Å². The van der Waals surface area contributed by atoms with Crippen LogP contribution in [0, 0.1) is 0 Å². The molecule has 1 aromatic heterocycles. The first-order valence-electron chi connectivity index (χ1n) is 12.5. The molecule has 9 nitrogen and oxygen atoms in total. The van der Waals surface area contributed by atoms with E-state index in [1.54, 1.807) is 4.68 Å². The molecule has 196 valence electrons. The molecule has 1 aliphatic heterocycles. The SMILES string of the molecule is CCCCOc1c(Br)cc(C2C(C(=O)Nc3ccccc3OCC)=C(C)Nc3ncnn32)cc1OCC. The fraction of sp³-hybridized carbons (Fsp3) is 0.370. The van der Waals surface area contributed by atoms with Crippen LogP contribution in [-0.4, -0.2) is 40.5 Å². The number of allylic oxidation sites excluding steroid dienone is 1. The Bertz CT molecular complexity index is 1290. The van der Waals surface area contributed by atoms with Crippen LogP contribution in [-0.2, 0) is 4.79 Å². The standard InChI is InChI=1S/C27H32BrN5O4/c1-5-8-13-37-25-19(28)14-18(15-22(25)36-7-3)24-23(17(4)31-27-29-16-30-33(24)27)26(34)32-20-11-9-10-12-21(20)35-6-2/h9-12,14-16,24H,5-8,13H2,1-4H3,(H,32,34)(H,29,30,31). The van der Waals surface area contributed by atoms with E-state index < -0.39 is 6.04 Å². The number of amides is 1. The molecule has 2 aromatic carbocycles. The topological polar surface area (TPSA) is 99.5 Å². The number of hydrogen-bond acceptors (Lipinski definition) is 7. The number of ether oxygens (including phenoxy) is 3. The lowest BCUT2D eigenvalue weighted by Crippen LogP contribution is -2.31. The number of unbranched alkanes of at least 4 members (excludes halogenated alkanes) is 1. The highest BCUT2D eigenvalue weighted by molar-refractivity contribution is 9.10. The number of carbonyl (C=O) groups excluding carboxylic acids is 1. The van der Waals surface area contributed by atoms with Crippen molar-refractivity contribution in [2.45, 2.75) is 46.6 Å². The average molecular weight is 570 g/mol. The Morgan fingerprint density at radius 2 is 1.86 bits per heavy atom. The van der Waals surface area contributed by atoms with Crippen molar-refractivity contribution in [3.05, 3.63) is 64.0 Å². The van der Waals surface area contributed by atoms with Crippen LogP contribution in [0.15, 0.2) is 58.5 Å². The van der Waals surface area contributed by atoms with Crippen molar-refractivity contribution in [2.75, 3.05) is 30.5 Å². The predicted octanol–water partition coefficient (Wildman–Crippen LogP) is 5.94. The molecule has 3 aromatic rings. The minimum Gasteiger partial charge on any atom is -0.492 e. The van der Waals surface area contributed by atoms with Gasteiger partial charge in [0.15, 0.2) is 11.5 Å². The van der Waals surface area contributed by atoms with E-state index in [9.17, 15) is 4.79 Å². The van der Waals surface area contributed by atoms with E-state index in [2.05, 4.69) is 43.6 Å². The Balaban J connectivity index is 1.76. The molecule has 1 unspecified atom stereocenters. The van der Waals surface area contributed by atoms with Gasteiger partial charge in [0.05, 0.1) is 35.6 Å². The Kier molecular flexibility index (Phi) is 8.70. The number of nitrogens with zero attached hydrogens (tertiary/aromatic N) is 3. The third-order valence-electron chi connectivity index (χ3n) is 5.87. The molecule has 1 atom stereocenters. The number of rotatable bonds is 11. The number of para-hydroxylation sites is 2. The normalized spacial score (nSPS) is 14.6. The first kappa shape index (κ1) is 26.5. The summed E-state index contributed by atoms with van der Waals surface area (Å²) in [6.45, 7) is 9.35. The van der Waals surface area contributed by atoms with E-state index in [0.29, 0.717) is 60.0 Å². The second kappa shape index (κ2) is 12.1. The molecule has 0 aliphatic carbocycles. The Morgan fingerprint density at radius 1 is 1.11 bits per heavy atom. The second-order valence-corrected chi connectivity index (χ2v) is 9.30. The zero-order chi connectivity index (χ0) is 26.4. The molecule has 2 heterocycles. The number of fused-ring (bicyclic) bond motifs is 1. The van der Waals surface area contributed by atoms with Gasteiger partial charge in [-0.05, 0) is 73.0 Å². The quantitative estimate of drug-likeness (QED) is 0.275. The maximum Gasteiger partial charge on any atom is 0.255 e. The predicted molar refractivity (Wildman–Crippen MR) is 146 cm³/mol. The van der Waals surface area contributed by atoms with Crippen molar-refractivity contribution in [3.63, 3.8) is 0 Å². The lowest BCUT2D eigenvalue weighted by Gasteiger charge is -2.29. The van der Waals surface area contributed by atoms with Gasteiger partial charge in [0.2, 0.25) is 5.95 Å². The Morgan fingerprint density at radius 3 is 2.62 bits per heavy atom. The van der Waals surface area contributed by atoms with Gasteiger partial charge < -0.3 is 24.8 Å². The number of anilines is 2. The van der Waals surface area contributed by atoms with Crippen LogP contribution < -0.4 is 24.8 Å². The summed E-state index contributed by atoms with van der Waals surface area (Å²) in [7, 11) is 0. The van der Waals surface area contributed by atoms with E-state index in [-0.39, 0.29) is 5.91 Å². The largest absolute Gasteiger partial charge is 0.492 e. The van der Waals surface area contributed by atoms with Crippen molar-refractivity contribution >= 4 is 33.5 Å². The van der Waals surface area contributed by atoms with Gasteiger partial charge in [-0.1, -0.05) is 25.5 Å². The first-order valence-corrected chi connectivity index (χ1v) is 13.3. The molecule has 0 bridgehead atoms. The molecule has 0 fully saturated rings. The minimum atomic E-state index is -0.557. The molecular weight excluding hydrogens is 538 g/mol. The van der Waals surface area contributed by atoms with Gasteiger partial charge >= 0.3 is 0 Å². The molecule has 1 amide bonds. The van der Waals surface area contributed by atoms with Gasteiger partial charge in [0.1, 0.15) is 18.1 Å². The number of aromatic nitrogens is 3. The number of carbonyl (C=O) groups is 1. The Labute approximate surface area is 225 Å². The van der Waals surface area contributed by atoms with Crippen LogP contribution in [0.25, 0.3) is 0 Å². The van der Waals surface area contributed by atoms with Gasteiger partial charge in [-0.25, -0.2) is 4.68 Å². The summed E-state index contributed by atoms with van der Waals surface area (Å²) in [5.74, 6) is 2.12. The lowest BCUT2D eigenvalue weighted by atomic mass is 9.94. The number of benzene rings is 2. The second-order valence-electron chi connectivity index (χ2n) is 8.44. The van der Waals surface area contributed by atoms with Gasteiger partial charge in [0, 0.05) is 5.70 Å². The lowest BCUT2D eigenvalue weighted by molar-refractivity contribution is -0.113. The summed E-state index contributed by atoms with van der Waals surface area (Å²) in [4.78, 5) is 18.1.